The SMILES string of the molecule is O=C1c2ccccc2C(=O)c2c1ccc(Cl)c2S(=O)[O-]. The molecule has 0 aromatic heterocycles. The molecule has 0 bridgehead atoms. The number of ketones is 2. The lowest BCUT2D eigenvalue weighted by Gasteiger charge is -2.21. The van der Waals surface area contributed by atoms with Gasteiger partial charge in [-0.3, -0.25) is 13.8 Å². The second-order valence-electron chi connectivity index (χ2n) is 4.24. The third-order valence-electron chi connectivity index (χ3n) is 3.16. The number of carbonyl (C=O) groups excluding carboxylic acids is 2. The summed E-state index contributed by atoms with van der Waals surface area (Å²) in [7, 11) is 0. The number of benzene rings is 2. The van der Waals surface area contributed by atoms with Crippen molar-refractivity contribution in [3.8, 4) is 0 Å². The first kappa shape index (κ1) is 13.2. The molecular weight excluding hydrogens is 300 g/mol. The van der Waals surface area contributed by atoms with Crippen LogP contribution in [0.15, 0.2) is 41.3 Å². The minimum atomic E-state index is -2.70. The van der Waals surface area contributed by atoms with Gasteiger partial charge in [0.2, 0.25) is 0 Å². The molecule has 1 aliphatic carbocycles. The van der Waals surface area contributed by atoms with Crippen molar-refractivity contribution in [3.05, 3.63) is 63.7 Å². The van der Waals surface area contributed by atoms with Gasteiger partial charge in [-0.15, -0.1) is 0 Å². The average Bonchev–Trinajstić information content (AvgIpc) is 2.44. The molecule has 20 heavy (non-hydrogen) atoms. The van der Waals surface area contributed by atoms with Gasteiger partial charge in [0.25, 0.3) is 0 Å². The summed E-state index contributed by atoms with van der Waals surface area (Å²) in [6.07, 6.45) is 0. The number of hydrogen-bond acceptors (Lipinski definition) is 4. The Hall–Kier alpha value is -1.82. The van der Waals surface area contributed by atoms with Crippen molar-refractivity contribution in [3.63, 3.8) is 0 Å². The third kappa shape index (κ3) is 1.75. The van der Waals surface area contributed by atoms with Crippen molar-refractivity contribution >= 4 is 34.2 Å². The van der Waals surface area contributed by atoms with E-state index in [9.17, 15) is 18.4 Å². The molecule has 0 aliphatic heterocycles. The first-order valence-electron chi connectivity index (χ1n) is 5.62. The first-order chi connectivity index (χ1) is 9.52. The Morgan fingerprint density at radius 1 is 0.900 bits per heavy atom. The summed E-state index contributed by atoms with van der Waals surface area (Å²) in [6.45, 7) is 0. The van der Waals surface area contributed by atoms with Crippen LogP contribution in [-0.2, 0) is 11.1 Å². The van der Waals surface area contributed by atoms with E-state index in [1.54, 1.807) is 18.2 Å². The third-order valence-corrected chi connectivity index (χ3v) is 4.35. The van der Waals surface area contributed by atoms with Crippen LogP contribution in [0, 0.1) is 0 Å². The molecule has 0 N–H and O–H groups in total. The summed E-state index contributed by atoms with van der Waals surface area (Å²) >= 11 is 3.14. The lowest BCUT2D eigenvalue weighted by atomic mass is 9.84. The highest BCUT2D eigenvalue weighted by Crippen LogP contribution is 2.34. The highest BCUT2D eigenvalue weighted by molar-refractivity contribution is 7.79. The maximum absolute atomic E-state index is 12.4. The second kappa shape index (κ2) is 4.63. The molecule has 3 rings (SSSR count). The van der Waals surface area contributed by atoms with Gasteiger partial charge in [0.1, 0.15) is 0 Å². The van der Waals surface area contributed by atoms with E-state index in [-0.39, 0.29) is 38.0 Å². The van der Waals surface area contributed by atoms with E-state index in [0.29, 0.717) is 0 Å². The van der Waals surface area contributed by atoms with E-state index >= 15 is 0 Å². The van der Waals surface area contributed by atoms with Gasteiger partial charge in [-0.2, -0.15) is 0 Å². The van der Waals surface area contributed by atoms with Crippen molar-refractivity contribution in [2.45, 2.75) is 4.90 Å². The summed E-state index contributed by atoms with van der Waals surface area (Å²) < 4.78 is 22.6. The molecule has 0 radical (unpaired) electrons. The summed E-state index contributed by atoms with van der Waals surface area (Å²) in [4.78, 5) is 24.5. The Balaban J connectivity index is 2.40. The van der Waals surface area contributed by atoms with Crippen LogP contribution in [-0.4, -0.2) is 20.3 Å². The molecule has 0 saturated heterocycles. The van der Waals surface area contributed by atoms with Gasteiger partial charge < -0.3 is 4.55 Å². The van der Waals surface area contributed by atoms with E-state index in [0.717, 1.165) is 0 Å². The molecule has 0 heterocycles. The molecule has 2 aromatic rings. The van der Waals surface area contributed by atoms with Crippen LogP contribution in [0.4, 0.5) is 0 Å². The number of fused-ring (bicyclic) bond motifs is 2. The predicted octanol–water partition coefficient (Wildman–Crippen LogP) is 2.35. The molecule has 2 aromatic carbocycles. The van der Waals surface area contributed by atoms with Gasteiger partial charge in [0, 0.05) is 16.7 Å². The van der Waals surface area contributed by atoms with Gasteiger partial charge in [-0.1, -0.05) is 35.9 Å². The van der Waals surface area contributed by atoms with E-state index in [2.05, 4.69) is 0 Å². The van der Waals surface area contributed by atoms with Crippen LogP contribution in [0.1, 0.15) is 31.8 Å². The lowest BCUT2D eigenvalue weighted by Crippen LogP contribution is -2.23. The van der Waals surface area contributed by atoms with Crippen LogP contribution in [0.3, 0.4) is 0 Å². The van der Waals surface area contributed by atoms with E-state index in [1.165, 1.54) is 18.2 Å². The minimum Gasteiger partial charge on any atom is -0.768 e. The maximum atomic E-state index is 12.4. The van der Waals surface area contributed by atoms with Crippen LogP contribution >= 0.6 is 11.6 Å². The van der Waals surface area contributed by atoms with E-state index in [4.69, 9.17) is 11.6 Å². The molecule has 0 amide bonds. The van der Waals surface area contributed by atoms with Gasteiger partial charge in [-0.25, -0.2) is 0 Å². The smallest absolute Gasteiger partial charge is 0.195 e. The summed E-state index contributed by atoms with van der Waals surface area (Å²) in [6, 6.07) is 9.00. The molecule has 1 unspecified atom stereocenters. The lowest BCUT2D eigenvalue weighted by molar-refractivity contribution is 0.0976. The zero-order valence-corrected chi connectivity index (χ0v) is 11.5. The fourth-order valence-corrected chi connectivity index (χ4v) is 3.24. The Bertz CT molecular complexity index is 798. The molecule has 100 valence electrons. The van der Waals surface area contributed by atoms with E-state index < -0.39 is 16.9 Å². The monoisotopic (exact) mass is 305 g/mol. The standard InChI is InChI=1S/C14H7ClO4S/c15-10-6-5-9-11(14(10)20(18)19)13(17)8-4-2-1-3-7(8)12(9)16/h1-6H,(H,18,19)/p-1. The molecular formula is C14H6ClO4S-. The number of hydrogen-bond donors (Lipinski definition) is 0. The van der Waals surface area contributed by atoms with Crippen molar-refractivity contribution in [2.75, 3.05) is 0 Å². The average molecular weight is 306 g/mol. The number of halogens is 1. The zero-order valence-electron chi connectivity index (χ0n) is 9.88. The van der Waals surface area contributed by atoms with Crippen molar-refractivity contribution in [1.29, 1.82) is 0 Å². The Morgan fingerprint density at radius 2 is 1.50 bits per heavy atom. The van der Waals surface area contributed by atoms with Crippen LogP contribution in [0.5, 0.6) is 0 Å². The minimum absolute atomic E-state index is 0.0669. The fraction of sp³-hybridized carbons (Fsp3) is 0. The summed E-state index contributed by atoms with van der Waals surface area (Å²) in [5, 5.41) is -0.0717. The second-order valence-corrected chi connectivity index (χ2v) is 5.52. The fourth-order valence-electron chi connectivity index (χ4n) is 2.29. The van der Waals surface area contributed by atoms with Crippen molar-refractivity contribution in [2.24, 2.45) is 0 Å². The molecule has 0 saturated carbocycles. The molecule has 0 spiro atoms. The number of carbonyl (C=O) groups is 2. The largest absolute Gasteiger partial charge is 0.768 e. The van der Waals surface area contributed by atoms with Gasteiger partial charge >= 0.3 is 0 Å². The van der Waals surface area contributed by atoms with Crippen LogP contribution in [0.25, 0.3) is 0 Å². The normalized spacial score (nSPS) is 14.7. The van der Waals surface area contributed by atoms with Gasteiger partial charge in [0.15, 0.2) is 11.6 Å². The van der Waals surface area contributed by atoms with Gasteiger partial charge in [-0.05, 0) is 23.2 Å². The number of rotatable bonds is 1. The Morgan fingerprint density at radius 3 is 2.10 bits per heavy atom. The quantitative estimate of drug-likeness (QED) is 0.647. The zero-order chi connectivity index (χ0) is 14.4. The molecule has 6 heteroatoms. The summed E-state index contributed by atoms with van der Waals surface area (Å²) in [5.74, 6) is -0.879. The Kier molecular flexibility index (Phi) is 3.05. The predicted molar refractivity (Wildman–Crippen MR) is 71.9 cm³/mol. The van der Waals surface area contributed by atoms with Crippen molar-refractivity contribution in [1.82, 2.24) is 0 Å². The Labute approximate surface area is 121 Å². The molecule has 0 fully saturated rings. The topological polar surface area (TPSA) is 74.3 Å². The summed E-state index contributed by atoms with van der Waals surface area (Å²) in [5.41, 5.74) is 0.390. The maximum Gasteiger partial charge on any atom is 0.195 e. The van der Waals surface area contributed by atoms with E-state index in [1.807, 2.05) is 0 Å². The van der Waals surface area contributed by atoms with Crippen molar-refractivity contribution < 1.29 is 18.4 Å². The molecule has 1 atom stereocenters. The first-order valence-corrected chi connectivity index (χ1v) is 7.08. The highest BCUT2D eigenvalue weighted by atomic mass is 35.5. The van der Waals surface area contributed by atoms with Crippen LogP contribution < -0.4 is 0 Å². The highest BCUT2D eigenvalue weighted by Gasteiger charge is 2.32. The van der Waals surface area contributed by atoms with Gasteiger partial charge in [0.05, 0.1) is 15.5 Å². The van der Waals surface area contributed by atoms with Crippen LogP contribution in [0.2, 0.25) is 5.02 Å². The molecule has 1 aliphatic rings. The molecule has 4 nitrogen and oxygen atoms in total.